The summed E-state index contributed by atoms with van der Waals surface area (Å²) in [6.07, 6.45) is 0. The summed E-state index contributed by atoms with van der Waals surface area (Å²) in [6, 6.07) is 11.4. The van der Waals surface area contributed by atoms with Crippen molar-refractivity contribution in [2.24, 2.45) is 0 Å². The molecule has 3 nitrogen and oxygen atoms in total. The third-order valence-electron chi connectivity index (χ3n) is 2.70. The van der Waals surface area contributed by atoms with E-state index < -0.39 is 11.4 Å². The molecular formula is C13H14O3S. The molecule has 0 spiro atoms. The average Bonchev–Trinajstić information content (AvgIpc) is 2.28. The summed E-state index contributed by atoms with van der Waals surface area (Å²) in [4.78, 5) is 0. The molecule has 0 aliphatic heterocycles. The van der Waals surface area contributed by atoms with Crippen molar-refractivity contribution in [3.05, 3.63) is 42.0 Å². The topological polar surface area (TPSA) is 46.5 Å². The highest BCUT2D eigenvalue weighted by Crippen LogP contribution is 2.31. The molecule has 0 aliphatic rings. The molecule has 1 unspecified atom stereocenters. The fourth-order valence-corrected chi connectivity index (χ4v) is 2.26. The molecule has 1 N–H and O–H groups in total. The first kappa shape index (κ1) is 12.1. The fourth-order valence-electron chi connectivity index (χ4n) is 1.96. The van der Waals surface area contributed by atoms with Crippen molar-refractivity contribution >= 4 is 22.1 Å². The summed E-state index contributed by atoms with van der Waals surface area (Å²) in [5.74, 6) is 0.833. The van der Waals surface area contributed by atoms with E-state index in [4.69, 9.17) is 8.74 Å². The third-order valence-corrected chi connectivity index (χ3v) is 3.02. The molecule has 0 heterocycles. The fraction of sp³-hybridized carbons (Fsp3) is 0.231. The Bertz CT molecular complexity index is 564. The normalized spacial score (nSPS) is 12.9. The monoisotopic (exact) mass is 250 g/mol. The second-order valence-corrected chi connectivity index (χ2v) is 4.75. The van der Waals surface area contributed by atoms with Crippen LogP contribution < -0.4 is 4.18 Å². The van der Waals surface area contributed by atoms with E-state index in [0.717, 1.165) is 10.8 Å². The average molecular weight is 250 g/mol. The Morgan fingerprint density at radius 2 is 1.76 bits per heavy atom. The van der Waals surface area contributed by atoms with Crippen LogP contribution in [-0.4, -0.2) is 8.76 Å². The maximum absolute atomic E-state index is 10.7. The van der Waals surface area contributed by atoms with Crippen LogP contribution in [0.4, 0.5) is 0 Å². The van der Waals surface area contributed by atoms with Gasteiger partial charge in [-0.3, -0.25) is 4.55 Å². The molecule has 1 atom stereocenters. The van der Waals surface area contributed by atoms with Crippen LogP contribution in [0.2, 0.25) is 0 Å². The molecule has 0 fully saturated rings. The van der Waals surface area contributed by atoms with E-state index in [1.54, 1.807) is 6.07 Å². The number of hydrogen-bond acceptors (Lipinski definition) is 2. The molecule has 17 heavy (non-hydrogen) atoms. The Hall–Kier alpha value is -1.39. The predicted octanol–water partition coefficient (Wildman–Crippen LogP) is 3.48. The quantitative estimate of drug-likeness (QED) is 0.848. The summed E-state index contributed by atoms with van der Waals surface area (Å²) >= 11 is -2.29. The van der Waals surface area contributed by atoms with E-state index in [0.29, 0.717) is 11.7 Å². The lowest BCUT2D eigenvalue weighted by atomic mass is 9.96. The summed E-state index contributed by atoms with van der Waals surface area (Å²) in [5, 5.41) is 1.92. The smallest absolute Gasteiger partial charge is 0.357 e. The number of rotatable bonds is 3. The Balaban J connectivity index is 2.65. The van der Waals surface area contributed by atoms with E-state index in [1.807, 2.05) is 24.3 Å². The largest absolute Gasteiger partial charge is 0.379 e. The highest BCUT2D eigenvalue weighted by atomic mass is 32.2. The zero-order valence-electron chi connectivity index (χ0n) is 9.71. The van der Waals surface area contributed by atoms with Crippen molar-refractivity contribution in [3.8, 4) is 5.75 Å². The second kappa shape index (κ2) is 4.85. The van der Waals surface area contributed by atoms with Crippen LogP contribution >= 0.6 is 0 Å². The van der Waals surface area contributed by atoms with E-state index in [1.165, 1.54) is 5.56 Å². The summed E-state index contributed by atoms with van der Waals surface area (Å²) < 4.78 is 24.4. The molecule has 0 amide bonds. The zero-order chi connectivity index (χ0) is 12.4. The number of hydrogen-bond donors (Lipinski definition) is 1. The zero-order valence-corrected chi connectivity index (χ0v) is 10.5. The van der Waals surface area contributed by atoms with E-state index in [-0.39, 0.29) is 0 Å². The van der Waals surface area contributed by atoms with Gasteiger partial charge in [0, 0.05) is 5.39 Å². The van der Waals surface area contributed by atoms with Crippen LogP contribution in [0, 0.1) is 0 Å². The minimum Gasteiger partial charge on any atom is -0.379 e. The lowest BCUT2D eigenvalue weighted by molar-refractivity contribution is 0.460. The lowest BCUT2D eigenvalue weighted by Crippen LogP contribution is -1.98. The molecule has 0 aliphatic carbocycles. The van der Waals surface area contributed by atoms with Crippen LogP contribution in [0.25, 0.3) is 10.8 Å². The molecule has 0 aromatic heterocycles. The SMILES string of the molecule is CC(C)c1cccc2c(OS(=O)O)cccc12. The Labute approximate surface area is 103 Å². The van der Waals surface area contributed by atoms with Gasteiger partial charge >= 0.3 is 11.4 Å². The van der Waals surface area contributed by atoms with Crippen LogP contribution in [0.15, 0.2) is 36.4 Å². The minimum absolute atomic E-state index is 0.397. The van der Waals surface area contributed by atoms with Crippen LogP contribution in [0.5, 0.6) is 5.75 Å². The van der Waals surface area contributed by atoms with Crippen molar-refractivity contribution in [3.63, 3.8) is 0 Å². The van der Waals surface area contributed by atoms with Gasteiger partial charge in [-0.15, -0.1) is 0 Å². The maximum Gasteiger partial charge on any atom is 0.357 e. The van der Waals surface area contributed by atoms with E-state index in [9.17, 15) is 4.21 Å². The Morgan fingerprint density at radius 3 is 2.41 bits per heavy atom. The lowest BCUT2D eigenvalue weighted by Gasteiger charge is -2.11. The summed E-state index contributed by atoms with van der Waals surface area (Å²) in [6.45, 7) is 4.24. The predicted molar refractivity (Wildman–Crippen MR) is 69.4 cm³/mol. The first-order valence-electron chi connectivity index (χ1n) is 5.40. The van der Waals surface area contributed by atoms with Gasteiger partial charge in [-0.05, 0) is 22.9 Å². The number of benzene rings is 2. The van der Waals surface area contributed by atoms with Crippen molar-refractivity contribution in [1.82, 2.24) is 0 Å². The Morgan fingerprint density at radius 1 is 1.12 bits per heavy atom. The van der Waals surface area contributed by atoms with Crippen molar-refractivity contribution in [1.29, 1.82) is 0 Å². The first-order chi connectivity index (χ1) is 8.09. The van der Waals surface area contributed by atoms with Gasteiger partial charge in [-0.2, -0.15) is 4.21 Å². The van der Waals surface area contributed by atoms with E-state index >= 15 is 0 Å². The van der Waals surface area contributed by atoms with Gasteiger partial charge in [0.15, 0.2) is 0 Å². The van der Waals surface area contributed by atoms with Crippen LogP contribution in [-0.2, 0) is 11.4 Å². The third kappa shape index (κ3) is 2.48. The van der Waals surface area contributed by atoms with Gasteiger partial charge in [0.1, 0.15) is 5.75 Å². The standard InChI is InChI=1S/C13H14O3S/c1-9(2)10-5-3-7-12-11(10)6-4-8-13(12)16-17(14)15/h3-9H,1-2H3,(H,14,15). The molecule has 2 aromatic carbocycles. The number of fused-ring (bicyclic) bond motifs is 1. The van der Waals surface area contributed by atoms with Crippen molar-refractivity contribution < 1.29 is 12.9 Å². The molecule has 4 heteroatoms. The van der Waals surface area contributed by atoms with Crippen molar-refractivity contribution in [2.45, 2.75) is 19.8 Å². The summed E-state index contributed by atoms with van der Waals surface area (Å²) in [5.41, 5.74) is 1.21. The summed E-state index contributed by atoms with van der Waals surface area (Å²) in [7, 11) is 0. The van der Waals surface area contributed by atoms with E-state index in [2.05, 4.69) is 19.9 Å². The molecular weight excluding hydrogens is 236 g/mol. The van der Waals surface area contributed by atoms with Crippen molar-refractivity contribution in [2.75, 3.05) is 0 Å². The van der Waals surface area contributed by atoms with Gasteiger partial charge in [0.25, 0.3) is 0 Å². The van der Waals surface area contributed by atoms with Crippen LogP contribution in [0.3, 0.4) is 0 Å². The van der Waals surface area contributed by atoms with Gasteiger partial charge in [0.2, 0.25) is 0 Å². The molecule has 2 rings (SSSR count). The van der Waals surface area contributed by atoms with Gasteiger partial charge in [-0.1, -0.05) is 44.2 Å². The highest BCUT2D eigenvalue weighted by molar-refractivity contribution is 7.74. The van der Waals surface area contributed by atoms with Gasteiger partial charge in [0.05, 0.1) is 0 Å². The molecule has 0 saturated heterocycles. The minimum atomic E-state index is -2.29. The Kier molecular flexibility index (Phi) is 3.45. The molecule has 2 aromatic rings. The van der Waals surface area contributed by atoms with Crippen LogP contribution in [0.1, 0.15) is 25.3 Å². The van der Waals surface area contributed by atoms with Gasteiger partial charge in [-0.25, -0.2) is 0 Å². The second-order valence-electron chi connectivity index (χ2n) is 4.15. The molecule has 0 radical (unpaired) electrons. The maximum atomic E-state index is 10.7. The first-order valence-corrected chi connectivity index (χ1v) is 6.43. The van der Waals surface area contributed by atoms with Gasteiger partial charge < -0.3 is 4.18 Å². The molecule has 0 bridgehead atoms. The molecule has 0 saturated carbocycles. The highest BCUT2D eigenvalue weighted by Gasteiger charge is 2.09. The molecule has 90 valence electrons.